The summed E-state index contributed by atoms with van der Waals surface area (Å²) in [5.41, 5.74) is 1.58. The van der Waals surface area contributed by atoms with Crippen molar-refractivity contribution in [2.75, 3.05) is 26.3 Å². The summed E-state index contributed by atoms with van der Waals surface area (Å²) in [5.74, 6) is 0.944. The predicted molar refractivity (Wildman–Crippen MR) is 58.1 cm³/mol. The Kier molecular flexibility index (Phi) is 3.46. The van der Waals surface area contributed by atoms with Gasteiger partial charge in [-0.2, -0.15) is 0 Å². The van der Waals surface area contributed by atoms with Crippen molar-refractivity contribution in [2.45, 2.75) is 32.6 Å². The van der Waals surface area contributed by atoms with Gasteiger partial charge in [-0.25, -0.2) is 0 Å². The lowest BCUT2D eigenvalue weighted by Gasteiger charge is -2.34. The maximum Gasteiger partial charge on any atom is 0.0642 e. The molecular weight excluding hydrogens is 174 g/mol. The molecule has 1 heterocycles. The molecular formula is C12H21NO. The summed E-state index contributed by atoms with van der Waals surface area (Å²) in [6.07, 6.45) is 7.78. The minimum Gasteiger partial charge on any atom is -0.378 e. The van der Waals surface area contributed by atoms with Crippen LogP contribution in [0.1, 0.15) is 32.6 Å². The van der Waals surface area contributed by atoms with Gasteiger partial charge in [0.25, 0.3) is 0 Å². The summed E-state index contributed by atoms with van der Waals surface area (Å²) in [4.78, 5) is 2.51. The highest BCUT2D eigenvalue weighted by Gasteiger charge is 2.18. The molecule has 14 heavy (non-hydrogen) atoms. The van der Waals surface area contributed by atoms with Crippen LogP contribution < -0.4 is 0 Å². The van der Waals surface area contributed by atoms with Gasteiger partial charge < -0.3 is 9.64 Å². The lowest BCUT2D eigenvalue weighted by molar-refractivity contribution is 0.0506. The fraction of sp³-hybridized carbons (Fsp3) is 0.833. The van der Waals surface area contributed by atoms with E-state index in [0.717, 1.165) is 32.2 Å². The summed E-state index contributed by atoms with van der Waals surface area (Å²) < 4.78 is 5.36. The minimum absolute atomic E-state index is 0.911. The SMILES string of the molecule is CCC1CC=C(N2CCOCC2)CC1. The Morgan fingerprint density at radius 3 is 2.79 bits per heavy atom. The Morgan fingerprint density at radius 1 is 1.43 bits per heavy atom. The molecule has 0 spiro atoms. The third-order valence-electron chi connectivity index (χ3n) is 3.49. The second kappa shape index (κ2) is 4.83. The molecule has 0 aromatic heterocycles. The third kappa shape index (κ3) is 2.30. The molecule has 2 rings (SSSR count). The first-order chi connectivity index (χ1) is 6.90. The molecule has 0 saturated carbocycles. The van der Waals surface area contributed by atoms with Crippen LogP contribution in [0.2, 0.25) is 0 Å². The van der Waals surface area contributed by atoms with Gasteiger partial charge in [0.1, 0.15) is 0 Å². The topological polar surface area (TPSA) is 12.5 Å². The van der Waals surface area contributed by atoms with Crippen LogP contribution in [-0.2, 0) is 4.74 Å². The van der Waals surface area contributed by atoms with E-state index in [-0.39, 0.29) is 0 Å². The maximum atomic E-state index is 5.36. The summed E-state index contributed by atoms with van der Waals surface area (Å²) in [6, 6.07) is 0. The Balaban J connectivity index is 1.88. The van der Waals surface area contributed by atoms with E-state index in [1.165, 1.54) is 25.7 Å². The number of rotatable bonds is 2. The van der Waals surface area contributed by atoms with Crippen LogP contribution in [0.4, 0.5) is 0 Å². The van der Waals surface area contributed by atoms with Gasteiger partial charge in [0, 0.05) is 18.8 Å². The molecule has 2 aliphatic rings. The van der Waals surface area contributed by atoms with Gasteiger partial charge in [-0.3, -0.25) is 0 Å². The highest BCUT2D eigenvalue weighted by Crippen LogP contribution is 2.27. The van der Waals surface area contributed by atoms with Crippen LogP contribution in [0.15, 0.2) is 11.8 Å². The van der Waals surface area contributed by atoms with Crippen LogP contribution >= 0.6 is 0 Å². The van der Waals surface area contributed by atoms with E-state index in [2.05, 4.69) is 17.9 Å². The van der Waals surface area contributed by atoms with Crippen molar-refractivity contribution < 1.29 is 4.74 Å². The van der Waals surface area contributed by atoms with Crippen LogP contribution in [0.5, 0.6) is 0 Å². The van der Waals surface area contributed by atoms with Crippen molar-refractivity contribution in [3.8, 4) is 0 Å². The van der Waals surface area contributed by atoms with E-state index < -0.39 is 0 Å². The number of ether oxygens (including phenoxy) is 1. The summed E-state index contributed by atoms with van der Waals surface area (Å²) in [5, 5.41) is 0. The fourth-order valence-electron chi connectivity index (χ4n) is 2.38. The van der Waals surface area contributed by atoms with E-state index in [0.29, 0.717) is 0 Å². The zero-order valence-electron chi connectivity index (χ0n) is 9.17. The molecule has 0 amide bonds. The van der Waals surface area contributed by atoms with Crippen molar-refractivity contribution in [3.05, 3.63) is 11.8 Å². The largest absolute Gasteiger partial charge is 0.378 e. The average molecular weight is 195 g/mol. The molecule has 0 radical (unpaired) electrons. The second-order valence-corrected chi connectivity index (χ2v) is 4.34. The molecule has 1 aliphatic carbocycles. The van der Waals surface area contributed by atoms with Crippen LogP contribution in [0, 0.1) is 5.92 Å². The maximum absolute atomic E-state index is 5.36. The minimum atomic E-state index is 0.911. The molecule has 80 valence electrons. The first kappa shape index (κ1) is 10.0. The molecule has 2 heteroatoms. The van der Waals surface area contributed by atoms with E-state index in [1.54, 1.807) is 5.70 Å². The van der Waals surface area contributed by atoms with Gasteiger partial charge in [-0.1, -0.05) is 19.4 Å². The molecule has 0 N–H and O–H groups in total. The lowest BCUT2D eigenvalue weighted by atomic mass is 9.90. The van der Waals surface area contributed by atoms with Crippen molar-refractivity contribution in [1.82, 2.24) is 4.90 Å². The molecule has 0 bridgehead atoms. The third-order valence-corrected chi connectivity index (χ3v) is 3.49. The van der Waals surface area contributed by atoms with E-state index >= 15 is 0 Å². The standard InChI is InChI=1S/C12H21NO/c1-2-11-3-5-12(6-4-11)13-7-9-14-10-8-13/h5,11H,2-4,6-10H2,1H3. The van der Waals surface area contributed by atoms with E-state index in [1.807, 2.05) is 0 Å². The smallest absolute Gasteiger partial charge is 0.0642 e. The van der Waals surface area contributed by atoms with Crippen LogP contribution in [-0.4, -0.2) is 31.2 Å². The van der Waals surface area contributed by atoms with Crippen molar-refractivity contribution in [1.29, 1.82) is 0 Å². The number of hydrogen-bond acceptors (Lipinski definition) is 2. The second-order valence-electron chi connectivity index (χ2n) is 4.34. The van der Waals surface area contributed by atoms with Gasteiger partial charge in [0.15, 0.2) is 0 Å². The van der Waals surface area contributed by atoms with Gasteiger partial charge in [0.05, 0.1) is 13.2 Å². The zero-order chi connectivity index (χ0) is 9.80. The molecule has 2 nitrogen and oxygen atoms in total. The van der Waals surface area contributed by atoms with Gasteiger partial charge >= 0.3 is 0 Å². The normalized spacial score (nSPS) is 28.8. The summed E-state index contributed by atoms with van der Waals surface area (Å²) in [6.45, 7) is 6.33. The van der Waals surface area contributed by atoms with E-state index in [9.17, 15) is 0 Å². The van der Waals surface area contributed by atoms with Gasteiger partial charge in [-0.15, -0.1) is 0 Å². The van der Waals surface area contributed by atoms with Crippen LogP contribution in [0.3, 0.4) is 0 Å². The van der Waals surface area contributed by atoms with Crippen molar-refractivity contribution in [3.63, 3.8) is 0 Å². The molecule has 1 unspecified atom stereocenters. The molecule has 1 saturated heterocycles. The Bertz CT molecular complexity index is 206. The quantitative estimate of drug-likeness (QED) is 0.671. The molecule has 0 aromatic carbocycles. The van der Waals surface area contributed by atoms with Gasteiger partial charge in [0.2, 0.25) is 0 Å². The summed E-state index contributed by atoms with van der Waals surface area (Å²) >= 11 is 0. The fourth-order valence-corrected chi connectivity index (χ4v) is 2.38. The highest BCUT2D eigenvalue weighted by atomic mass is 16.5. The van der Waals surface area contributed by atoms with Crippen molar-refractivity contribution in [2.24, 2.45) is 5.92 Å². The zero-order valence-corrected chi connectivity index (χ0v) is 9.17. The Morgan fingerprint density at radius 2 is 2.21 bits per heavy atom. The molecule has 1 aliphatic heterocycles. The predicted octanol–water partition coefficient (Wildman–Crippen LogP) is 2.41. The molecule has 1 atom stereocenters. The Hall–Kier alpha value is -0.500. The van der Waals surface area contributed by atoms with Gasteiger partial charge in [-0.05, 0) is 25.2 Å². The average Bonchev–Trinajstić information content (AvgIpc) is 2.30. The van der Waals surface area contributed by atoms with E-state index in [4.69, 9.17) is 4.74 Å². The number of morpholine rings is 1. The lowest BCUT2D eigenvalue weighted by Crippen LogP contribution is -2.36. The molecule has 0 aromatic rings. The van der Waals surface area contributed by atoms with Crippen molar-refractivity contribution >= 4 is 0 Å². The first-order valence-electron chi connectivity index (χ1n) is 5.92. The number of allylic oxidation sites excluding steroid dienone is 2. The first-order valence-corrected chi connectivity index (χ1v) is 5.92. The number of hydrogen-bond donors (Lipinski definition) is 0. The number of nitrogens with zero attached hydrogens (tertiary/aromatic N) is 1. The van der Waals surface area contributed by atoms with Crippen LogP contribution in [0.25, 0.3) is 0 Å². The monoisotopic (exact) mass is 195 g/mol. The highest BCUT2D eigenvalue weighted by molar-refractivity contribution is 5.06. The Labute approximate surface area is 86.9 Å². The molecule has 1 fully saturated rings. The summed E-state index contributed by atoms with van der Waals surface area (Å²) in [7, 11) is 0.